The number of rotatable bonds is 7. The van der Waals surface area contributed by atoms with Gasteiger partial charge in [0.15, 0.2) is 0 Å². The Bertz CT molecular complexity index is 774. The van der Waals surface area contributed by atoms with Gasteiger partial charge in [-0.3, -0.25) is 0 Å². The molecule has 1 aliphatic rings. The second-order valence-electron chi connectivity index (χ2n) is 8.51. The summed E-state index contributed by atoms with van der Waals surface area (Å²) in [4.78, 5) is 15.1. The van der Waals surface area contributed by atoms with Gasteiger partial charge >= 0.3 is 6.03 Å². The van der Waals surface area contributed by atoms with Crippen molar-refractivity contribution in [2.45, 2.75) is 52.4 Å². The molecule has 156 valence electrons. The number of aryl methyl sites for hydroxylation is 3. The first kappa shape index (κ1) is 21.4. The van der Waals surface area contributed by atoms with Gasteiger partial charge in [0.05, 0.1) is 0 Å². The van der Waals surface area contributed by atoms with Crippen LogP contribution in [0.2, 0.25) is 0 Å². The number of hydrogen-bond acceptors (Lipinski definition) is 2. The maximum Gasteiger partial charge on any atom is 0.319 e. The number of urea groups is 1. The Kier molecular flexibility index (Phi) is 7.70. The van der Waals surface area contributed by atoms with Gasteiger partial charge in [-0.1, -0.05) is 42.3 Å². The lowest BCUT2D eigenvalue weighted by molar-refractivity contribution is 0.219. The smallest absolute Gasteiger partial charge is 0.319 e. The standard InChI is InChI=1S/C25H35N3O/c1-19-7-9-22(10-8-19)23(11-14-28-12-5-4-6-13-28)18-26-25(29)27-24-16-20(2)15-21(3)17-24/h7-10,15-17,23H,4-6,11-14,18H2,1-3H3,(H2,26,27,29). The monoisotopic (exact) mass is 393 g/mol. The molecule has 2 aromatic carbocycles. The van der Waals surface area contributed by atoms with Crippen LogP contribution >= 0.6 is 0 Å². The Hall–Kier alpha value is -2.33. The topological polar surface area (TPSA) is 44.4 Å². The average Bonchev–Trinajstić information content (AvgIpc) is 2.69. The van der Waals surface area contributed by atoms with Gasteiger partial charge in [-0.2, -0.15) is 0 Å². The predicted molar refractivity (Wildman–Crippen MR) is 122 cm³/mol. The van der Waals surface area contributed by atoms with Crippen molar-refractivity contribution in [3.8, 4) is 0 Å². The van der Waals surface area contributed by atoms with Crippen molar-refractivity contribution in [2.75, 3.05) is 31.5 Å². The van der Waals surface area contributed by atoms with E-state index in [1.807, 2.05) is 26.0 Å². The SMILES string of the molecule is Cc1ccc(C(CCN2CCCCC2)CNC(=O)Nc2cc(C)cc(C)c2)cc1. The minimum atomic E-state index is -0.134. The third-order valence-corrected chi connectivity index (χ3v) is 5.78. The minimum Gasteiger partial charge on any atom is -0.337 e. The second-order valence-corrected chi connectivity index (χ2v) is 8.51. The molecule has 1 unspecified atom stereocenters. The highest BCUT2D eigenvalue weighted by Gasteiger charge is 2.17. The first-order chi connectivity index (χ1) is 14.0. The van der Waals surface area contributed by atoms with Crippen LogP contribution in [-0.2, 0) is 0 Å². The molecule has 0 saturated carbocycles. The number of nitrogens with one attached hydrogen (secondary N) is 2. The predicted octanol–water partition coefficient (Wildman–Crippen LogP) is 5.39. The van der Waals surface area contributed by atoms with Crippen LogP contribution in [0, 0.1) is 20.8 Å². The highest BCUT2D eigenvalue weighted by Crippen LogP contribution is 2.21. The number of amides is 2. The molecule has 0 aromatic heterocycles. The molecular weight excluding hydrogens is 358 g/mol. The lowest BCUT2D eigenvalue weighted by atomic mass is 9.94. The molecule has 4 heteroatoms. The highest BCUT2D eigenvalue weighted by molar-refractivity contribution is 5.89. The number of carbonyl (C=O) groups excluding carboxylic acids is 1. The lowest BCUT2D eigenvalue weighted by Gasteiger charge is -2.28. The molecule has 29 heavy (non-hydrogen) atoms. The number of nitrogens with zero attached hydrogens (tertiary/aromatic N) is 1. The van der Waals surface area contributed by atoms with Gasteiger partial charge in [-0.25, -0.2) is 4.79 Å². The zero-order valence-corrected chi connectivity index (χ0v) is 18.1. The van der Waals surface area contributed by atoms with E-state index in [4.69, 9.17) is 0 Å². The van der Waals surface area contributed by atoms with E-state index in [2.05, 4.69) is 52.8 Å². The quantitative estimate of drug-likeness (QED) is 0.662. The normalized spacial score (nSPS) is 15.7. The molecule has 1 atom stereocenters. The van der Waals surface area contributed by atoms with Crippen LogP contribution in [0.3, 0.4) is 0 Å². The third-order valence-electron chi connectivity index (χ3n) is 5.78. The summed E-state index contributed by atoms with van der Waals surface area (Å²) >= 11 is 0. The molecule has 2 amide bonds. The maximum atomic E-state index is 12.5. The van der Waals surface area contributed by atoms with E-state index in [0.29, 0.717) is 12.5 Å². The van der Waals surface area contributed by atoms with Gasteiger partial charge in [0.1, 0.15) is 0 Å². The first-order valence-electron chi connectivity index (χ1n) is 10.9. The molecule has 0 aliphatic carbocycles. The zero-order chi connectivity index (χ0) is 20.6. The molecular formula is C25H35N3O. The van der Waals surface area contributed by atoms with E-state index in [1.165, 1.54) is 43.5 Å². The molecule has 0 radical (unpaired) electrons. The van der Waals surface area contributed by atoms with E-state index in [0.717, 1.165) is 29.8 Å². The largest absolute Gasteiger partial charge is 0.337 e. The molecule has 1 aliphatic heterocycles. The summed E-state index contributed by atoms with van der Waals surface area (Å²) in [6.45, 7) is 10.4. The first-order valence-corrected chi connectivity index (χ1v) is 10.9. The van der Waals surface area contributed by atoms with Crippen LogP contribution in [0.5, 0.6) is 0 Å². The van der Waals surface area contributed by atoms with Crippen molar-refractivity contribution in [3.05, 3.63) is 64.7 Å². The molecule has 0 spiro atoms. The van der Waals surface area contributed by atoms with E-state index >= 15 is 0 Å². The van der Waals surface area contributed by atoms with Crippen molar-refractivity contribution < 1.29 is 4.79 Å². The maximum absolute atomic E-state index is 12.5. The number of piperidine rings is 1. The van der Waals surface area contributed by atoms with Crippen LogP contribution in [0.1, 0.15) is 53.9 Å². The number of likely N-dealkylation sites (tertiary alicyclic amines) is 1. The number of benzene rings is 2. The molecule has 2 N–H and O–H groups in total. The van der Waals surface area contributed by atoms with Gasteiger partial charge in [0.25, 0.3) is 0 Å². The van der Waals surface area contributed by atoms with Crippen molar-refractivity contribution in [3.63, 3.8) is 0 Å². The number of carbonyl (C=O) groups is 1. The fourth-order valence-electron chi connectivity index (χ4n) is 4.18. The van der Waals surface area contributed by atoms with Gasteiger partial charge in [0.2, 0.25) is 0 Å². The van der Waals surface area contributed by atoms with E-state index < -0.39 is 0 Å². The van der Waals surface area contributed by atoms with Crippen molar-refractivity contribution in [1.29, 1.82) is 0 Å². The fraction of sp³-hybridized carbons (Fsp3) is 0.480. The van der Waals surface area contributed by atoms with Crippen molar-refractivity contribution >= 4 is 11.7 Å². The van der Waals surface area contributed by atoms with Gasteiger partial charge in [-0.05, 0) is 88.5 Å². The third kappa shape index (κ3) is 6.90. The number of hydrogen-bond donors (Lipinski definition) is 2. The molecule has 1 fully saturated rings. The van der Waals surface area contributed by atoms with Gasteiger partial charge in [0, 0.05) is 18.2 Å². The van der Waals surface area contributed by atoms with E-state index in [-0.39, 0.29) is 6.03 Å². The highest BCUT2D eigenvalue weighted by atomic mass is 16.2. The zero-order valence-electron chi connectivity index (χ0n) is 18.1. The molecule has 2 aromatic rings. The van der Waals surface area contributed by atoms with Crippen LogP contribution in [0.15, 0.2) is 42.5 Å². The van der Waals surface area contributed by atoms with Crippen LogP contribution in [0.25, 0.3) is 0 Å². The minimum absolute atomic E-state index is 0.134. The van der Waals surface area contributed by atoms with Crippen LogP contribution in [0.4, 0.5) is 10.5 Å². The van der Waals surface area contributed by atoms with Crippen molar-refractivity contribution in [1.82, 2.24) is 10.2 Å². The summed E-state index contributed by atoms with van der Waals surface area (Å²) in [6.07, 6.45) is 5.04. The Morgan fingerprint density at radius 3 is 2.24 bits per heavy atom. The second kappa shape index (κ2) is 10.4. The molecule has 0 bridgehead atoms. The average molecular weight is 394 g/mol. The van der Waals surface area contributed by atoms with E-state index in [9.17, 15) is 4.79 Å². The van der Waals surface area contributed by atoms with Crippen molar-refractivity contribution in [2.24, 2.45) is 0 Å². The summed E-state index contributed by atoms with van der Waals surface area (Å²) in [7, 11) is 0. The summed E-state index contributed by atoms with van der Waals surface area (Å²) < 4.78 is 0. The lowest BCUT2D eigenvalue weighted by Crippen LogP contribution is -2.35. The van der Waals surface area contributed by atoms with Crippen LogP contribution < -0.4 is 10.6 Å². The Labute approximate surface area is 175 Å². The Morgan fingerprint density at radius 2 is 1.59 bits per heavy atom. The Morgan fingerprint density at radius 1 is 0.931 bits per heavy atom. The fourth-order valence-corrected chi connectivity index (χ4v) is 4.18. The van der Waals surface area contributed by atoms with E-state index in [1.54, 1.807) is 0 Å². The summed E-state index contributed by atoms with van der Waals surface area (Å²) in [5.41, 5.74) is 5.72. The Balaban J connectivity index is 1.59. The molecule has 1 heterocycles. The molecule has 3 rings (SSSR count). The molecule has 4 nitrogen and oxygen atoms in total. The summed E-state index contributed by atoms with van der Waals surface area (Å²) in [5, 5.41) is 6.09. The van der Waals surface area contributed by atoms with Gasteiger partial charge in [-0.15, -0.1) is 0 Å². The molecule has 1 saturated heterocycles. The van der Waals surface area contributed by atoms with Crippen LogP contribution in [-0.4, -0.2) is 37.1 Å². The summed E-state index contributed by atoms with van der Waals surface area (Å²) in [6, 6.07) is 14.7. The number of anilines is 1. The van der Waals surface area contributed by atoms with Gasteiger partial charge < -0.3 is 15.5 Å². The summed E-state index contributed by atoms with van der Waals surface area (Å²) in [5.74, 6) is 0.322.